The molecule has 1 fully saturated rings. The quantitative estimate of drug-likeness (QED) is 0.501. The Hall–Kier alpha value is -2.87. The number of carbonyl (C=O) groups is 2. The molecule has 3 aromatic rings. The molecule has 0 radical (unpaired) electrons. The molecule has 7 nitrogen and oxygen atoms in total. The first-order valence-corrected chi connectivity index (χ1v) is 13.1. The number of likely N-dealkylation sites (tertiary alicyclic amines) is 1. The van der Waals surface area contributed by atoms with Gasteiger partial charge in [0.1, 0.15) is 5.82 Å². The van der Waals surface area contributed by atoms with Crippen molar-refractivity contribution >= 4 is 40.8 Å². The largest absolute Gasteiger partial charge is 0.347 e. The van der Waals surface area contributed by atoms with Gasteiger partial charge in [0.25, 0.3) is 11.8 Å². The molecule has 0 aliphatic carbocycles. The Morgan fingerprint density at radius 1 is 1.06 bits per heavy atom. The van der Waals surface area contributed by atoms with Crippen LogP contribution in [0.3, 0.4) is 0 Å². The van der Waals surface area contributed by atoms with E-state index in [1.807, 2.05) is 41.0 Å². The Kier molecular flexibility index (Phi) is 7.32. The zero-order valence-corrected chi connectivity index (χ0v) is 21.7. The van der Waals surface area contributed by atoms with Crippen molar-refractivity contribution in [2.45, 2.75) is 44.8 Å². The van der Waals surface area contributed by atoms with Crippen molar-refractivity contribution in [1.82, 2.24) is 19.8 Å². The van der Waals surface area contributed by atoms with Crippen LogP contribution in [0, 0.1) is 0 Å². The maximum atomic E-state index is 13.6. The molecule has 2 aliphatic heterocycles. The second kappa shape index (κ2) is 10.6. The fourth-order valence-corrected chi connectivity index (χ4v) is 5.57. The summed E-state index contributed by atoms with van der Waals surface area (Å²) in [6, 6.07) is 14.6. The number of fused-ring (bicyclic) bond motifs is 1. The van der Waals surface area contributed by atoms with E-state index in [0.717, 1.165) is 50.2 Å². The number of rotatable bonds is 6. The van der Waals surface area contributed by atoms with E-state index >= 15 is 0 Å². The molecular formula is C27H29Cl2N5O2. The van der Waals surface area contributed by atoms with Crippen molar-refractivity contribution in [3.8, 4) is 0 Å². The van der Waals surface area contributed by atoms with Gasteiger partial charge in [-0.05, 0) is 43.5 Å². The van der Waals surface area contributed by atoms with Crippen LogP contribution in [-0.4, -0.2) is 52.4 Å². The van der Waals surface area contributed by atoms with Crippen molar-refractivity contribution in [2.24, 2.45) is 0 Å². The average Bonchev–Trinajstić information content (AvgIpc) is 3.50. The summed E-state index contributed by atoms with van der Waals surface area (Å²) in [5, 5.41) is 4.50. The predicted molar refractivity (Wildman–Crippen MR) is 142 cm³/mol. The van der Waals surface area contributed by atoms with Gasteiger partial charge >= 0.3 is 0 Å². The molecule has 2 aromatic carbocycles. The summed E-state index contributed by atoms with van der Waals surface area (Å²) in [6.45, 7) is 2.88. The average molecular weight is 526 g/mol. The van der Waals surface area contributed by atoms with Gasteiger partial charge < -0.3 is 9.88 Å². The van der Waals surface area contributed by atoms with Crippen LogP contribution in [0.5, 0.6) is 0 Å². The van der Waals surface area contributed by atoms with Crippen LogP contribution in [0.25, 0.3) is 0 Å². The highest BCUT2D eigenvalue weighted by atomic mass is 35.5. The molecule has 1 aromatic heterocycles. The van der Waals surface area contributed by atoms with E-state index < -0.39 is 0 Å². The van der Waals surface area contributed by atoms with Crippen LogP contribution in [0.15, 0.2) is 48.5 Å². The number of imidazole rings is 1. The van der Waals surface area contributed by atoms with E-state index in [1.54, 1.807) is 19.2 Å². The highest BCUT2D eigenvalue weighted by Crippen LogP contribution is 2.29. The minimum Gasteiger partial charge on any atom is -0.347 e. The van der Waals surface area contributed by atoms with Gasteiger partial charge in [0.15, 0.2) is 11.5 Å². The molecule has 188 valence electrons. The fourth-order valence-electron chi connectivity index (χ4n) is 5.05. The van der Waals surface area contributed by atoms with E-state index in [0.29, 0.717) is 40.2 Å². The Labute approximate surface area is 221 Å². The first-order valence-electron chi connectivity index (χ1n) is 12.3. The summed E-state index contributed by atoms with van der Waals surface area (Å²) in [7, 11) is 1.69. The number of nitrogens with one attached hydrogen (secondary N) is 1. The summed E-state index contributed by atoms with van der Waals surface area (Å²) < 4.78 is 1.99. The molecule has 1 saturated heterocycles. The molecule has 1 atom stereocenters. The Bertz CT molecular complexity index is 1260. The number of hydrogen-bond donors (Lipinski definition) is 1. The molecular weight excluding hydrogens is 497 g/mol. The van der Waals surface area contributed by atoms with Gasteiger partial charge in [0.2, 0.25) is 0 Å². The normalized spacial score (nSPS) is 17.6. The lowest BCUT2D eigenvalue weighted by molar-refractivity contribution is 0.0927. The molecule has 1 unspecified atom stereocenters. The van der Waals surface area contributed by atoms with Crippen LogP contribution in [0.1, 0.15) is 51.5 Å². The summed E-state index contributed by atoms with van der Waals surface area (Å²) in [5.41, 5.74) is 1.92. The van der Waals surface area contributed by atoms with Gasteiger partial charge in [-0.3, -0.25) is 19.4 Å². The number of carbonyl (C=O) groups excluding carboxylic acids is 2. The SMILES string of the molecule is CN(C(=O)c1ccccc1)c1nc2n(c1C(=O)NC1CCN(Cc3c(Cl)cccc3Cl)C1)CCCC2. The van der Waals surface area contributed by atoms with Crippen LogP contribution in [0.4, 0.5) is 5.82 Å². The smallest absolute Gasteiger partial charge is 0.272 e. The topological polar surface area (TPSA) is 70.5 Å². The molecule has 0 spiro atoms. The maximum Gasteiger partial charge on any atom is 0.272 e. The third-order valence-corrected chi connectivity index (χ3v) is 7.68. The molecule has 2 aliphatic rings. The highest BCUT2D eigenvalue weighted by molar-refractivity contribution is 6.36. The Morgan fingerprint density at radius 3 is 2.56 bits per heavy atom. The standard InChI is InChI=1S/C27H29Cl2N5O2/c1-32(27(36)18-8-3-2-4-9-18)25-24(34-14-6-5-12-23(34)31-25)26(35)30-19-13-15-33(16-19)17-20-21(28)10-7-11-22(20)29/h2-4,7-11,19H,5-6,12-17H2,1H3,(H,30,35). The minimum absolute atomic E-state index is 0.0171. The van der Waals surface area contributed by atoms with Crippen LogP contribution in [-0.2, 0) is 19.5 Å². The number of aromatic nitrogens is 2. The molecule has 0 bridgehead atoms. The molecule has 2 amide bonds. The third-order valence-electron chi connectivity index (χ3n) is 6.97. The molecule has 5 rings (SSSR count). The van der Waals surface area contributed by atoms with E-state index in [2.05, 4.69) is 10.2 Å². The van der Waals surface area contributed by atoms with Gasteiger partial charge in [0, 0.05) is 66.9 Å². The summed E-state index contributed by atoms with van der Waals surface area (Å²) in [4.78, 5) is 35.3. The van der Waals surface area contributed by atoms with E-state index in [-0.39, 0.29) is 17.9 Å². The second-order valence-corrected chi connectivity index (χ2v) is 10.2. The number of benzene rings is 2. The second-order valence-electron chi connectivity index (χ2n) is 9.43. The lowest BCUT2D eigenvalue weighted by Gasteiger charge is -2.21. The van der Waals surface area contributed by atoms with Gasteiger partial charge in [-0.15, -0.1) is 0 Å². The lowest BCUT2D eigenvalue weighted by Crippen LogP contribution is -2.39. The molecule has 0 saturated carbocycles. The van der Waals surface area contributed by atoms with E-state index in [1.165, 1.54) is 4.90 Å². The van der Waals surface area contributed by atoms with Crippen molar-refractivity contribution in [3.05, 3.63) is 81.2 Å². The molecule has 9 heteroatoms. The van der Waals surface area contributed by atoms with Crippen molar-refractivity contribution in [1.29, 1.82) is 0 Å². The first kappa shape index (κ1) is 24.8. The zero-order valence-electron chi connectivity index (χ0n) is 20.2. The minimum atomic E-state index is -0.194. The summed E-state index contributed by atoms with van der Waals surface area (Å²) >= 11 is 12.7. The number of anilines is 1. The monoisotopic (exact) mass is 525 g/mol. The zero-order chi connectivity index (χ0) is 25.2. The molecule has 3 heterocycles. The Balaban J connectivity index is 1.34. The van der Waals surface area contributed by atoms with Gasteiger partial charge in [-0.1, -0.05) is 47.5 Å². The number of amides is 2. The van der Waals surface area contributed by atoms with E-state index in [4.69, 9.17) is 28.2 Å². The number of nitrogens with zero attached hydrogens (tertiary/aromatic N) is 4. The number of halogens is 2. The van der Waals surface area contributed by atoms with Crippen LogP contribution < -0.4 is 10.2 Å². The van der Waals surface area contributed by atoms with E-state index in [9.17, 15) is 9.59 Å². The van der Waals surface area contributed by atoms with Crippen LogP contribution in [0.2, 0.25) is 10.0 Å². The summed E-state index contributed by atoms with van der Waals surface area (Å²) in [5.74, 6) is 0.885. The lowest BCUT2D eigenvalue weighted by atomic mass is 10.1. The highest BCUT2D eigenvalue weighted by Gasteiger charge is 2.32. The van der Waals surface area contributed by atoms with Crippen molar-refractivity contribution in [2.75, 3.05) is 25.0 Å². The maximum absolute atomic E-state index is 13.6. The number of aryl methyl sites for hydroxylation is 1. The van der Waals surface area contributed by atoms with Crippen LogP contribution >= 0.6 is 23.2 Å². The fraction of sp³-hybridized carbons (Fsp3) is 0.370. The molecule has 1 N–H and O–H groups in total. The molecule has 36 heavy (non-hydrogen) atoms. The Morgan fingerprint density at radius 2 is 1.81 bits per heavy atom. The van der Waals surface area contributed by atoms with Crippen molar-refractivity contribution in [3.63, 3.8) is 0 Å². The first-order chi connectivity index (χ1) is 17.4. The summed E-state index contributed by atoms with van der Waals surface area (Å²) in [6.07, 6.45) is 3.62. The number of hydrogen-bond acceptors (Lipinski definition) is 4. The van der Waals surface area contributed by atoms with Gasteiger partial charge in [0.05, 0.1) is 0 Å². The third kappa shape index (κ3) is 5.01. The van der Waals surface area contributed by atoms with Gasteiger partial charge in [-0.25, -0.2) is 4.98 Å². The predicted octanol–water partition coefficient (Wildman–Crippen LogP) is 4.81. The van der Waals surface area contributed by atoms with Crippen molar-refractivity contribution < 1.29 is 9.59 Å². The van der Waals surface area contributed by atoms with Gasteiger partial charge in [-0.2, -0.15) is 0 Å².